The molecule has 2 aromatic carbocycles. The van der Waals surface area contributed by atoms with Gasteiger partial charge in [0.15, 0.2) is 0 Å². The Balaban J connectivity index is 1.46. The smallest absolute Gasteiger partial charge is 0.307 e. The first kappa shape index (κ1) is 13.8. The summed E-state index contributed by atoms with van der Waals surface area (Å²) in [5.41, 5.74) is 2.82. The van der Waals surface area contributed by atoms with Crippen LogP contribution in [-0.4, -0.2) is 24.0 Å². The Labute approximate surface area is 134 Å². The van der Waals surface area contributed by atoms with Crippen LogP contribution in [-0.2, 0) is 14.4 Å². The van der Waals surface area contributed by atoms with E-state index in [-0.39, 0.29) is 12.0 Å². The summed E-state index contributed by atoms with van der Waals surface area (Å²) in [6.07, 6.45) is -0.916. The van der Waals surface area contributed by atoms with E-state index in [1.807, 2.05) is 60.7 Å². The fraction of sp³-hybridized carbons (Fsp3) is 0.222. The van der Waals surface area contributed by atoms with Gasteiger partial charge in [-0.2, -0.15) is 0 Å². The van der Waals surface area contributed by atoms with E-state index in [9.17, 15) is 0 Å². The molecule has 0 amide bonds. The highest BCUT2D eigenvalue weighted by Gasteiger charge is 2.43. The summed E-state index contributed by atoms with van der Waals surface area (Å²) >= 11 is 0. The van der Waals surface area contributed by atoms with Crippen molar-refractivity contribution in [1.82, 2.24) is 0 Å². The molecule has 116 valence electrons. The standard InChI is InChI=1S/C18H16N2O3/c1-12-15(13-8-4-2-5-9-13)19-22-16(12)18-21-17(20-23-18)14-10-6-3-7-11-14/h2-12,16,18H,1H3/t12-,16+,18-/m1/s1. The SMILES string of the molecule is C[C@@H]1C(c2ccccc2)=NO[C@@H]1[C@H]1ON=C(c2ccccc2)O1. The average Bonchev–Trinajstić information content (AvgIpc) is 3.23. The van der Waals surface area contributed by atoms with Gasteiger partial charge in [0.25, 0.3) is 5.90 Å². The molecule has 0 saturated carbocycles. The van der Waals surface area contributed by atoms with Crippen LogP contribution in [0.15, 0.2) is 71.0 Å². The summed E-state index contributed by atoms with van der Waals surface area (Å²) in [4.78, 5) is 11.0. The van der Waals surface area contributed by atoms with Gasteiger partial charge in [0, 0.05) is 11.5 Å². The zero-order valence-electron chi connectivity index (χ0n) is 12.6. The van der Waals surface area contributed by atoms with Crippen molar-refractivity contribution in [3.63, 3.8) is 0 Å². The van der Waals surface area contributed by atoms with Crippen molar-refractivity contribution in [3.8, 4) is 0 Å². The normalized spacial score (nSPS) is 25.9. The predicted molar refractivity (Wildman–Crippen MR) is 86.0 cm³/mol. The summed E-state index contributed by atoms with van der Waals surface area (Å²) < 4.78 is 5.82. The van der Waals surface area contributed by atoms with Gasteiger partial charge in [-0.15, -0.1) is 0 Å². The van der Waals surface area contributed by atoms with Gasteiger partial charge < -0.3 is 14.4 Å². The molecular formula is C18H16N2O3. The van der Waals surface area contributed by atoms with Gasteiger partial charge in [0.1, 0.15) is 0 Å². The van der Waals surface area contributed by atoms with Gasteiger partial charge in [-0.05, 0) is 22.9 Å². The molecule has 0 unspecified atom stereocenters. The fourth-order valence-corrected chi connectivity index (χ4v) is 2.74. The topological polar surface area (TPSA) is 52.4 Å². The highest BCUT2D eigenvalue weighted by Crippen LogP contribution is 2.29. The van der Waals surface area contributed by atoms with E-state index >= 15 is 0 Å². The molecule has 2 heterocycles. The van der Waals surface area contributed by atoms with E-state index in [1.165, 1.54) is 0 Å². The molecule has 0 radical (unpaired) electrons. The number of rotatable bonds is 3. The van der Waals surface area contributed by atoms with Crippen LogP contribution in [0.3, 0.4) is 0 Å². The van der Waals surface area contributed by atoms with Crippen LogP contribution in [0, 0.1) is 5.92 Å². The first-order valence-corrected chi connectivity index (χ1v) is 7.58. The Morgan fingerprint density at radius 3 is 2.13 bits per heavy atom. The molecule has 0 fully saturated rings. The van der Waals surface area contributed by atoms with Gasteiger partial charge >= 0.3 is 6.29 Å². The Bertz CT molecular complexity index is 743. The Morgan fingerprint density at radius 1 is 0.783 bits per heavy atom. The molecule has 3 atom stereocenters. The van der Waals surface area contributed by atoms with E-state index in [0.29, 0.717) is 5.90 Å². The Kier molecular flexibility index (Phi) is 3.46. The van der Waals surface area contributed by atoms with Crippen molar-refractivity contribution >= 4 is 11.6 Å². The molecule has 5 nitrogen and oxygen atoms in total. The van der Waals surface area contributed by atoms with E-state index < -0.39 is 6.29 Å². The van der Waals surface area contributed by atoms with E-state index in [2.05, 4.69) is 17.2 Å². The first-order chi connectivity index (χ1) is 11.3. The maximum absolute atomic E-state index is 5.82. The largest absolute Gasteiger partial charge is 0.429 e. The second-order valence-electron chi connectivity index (χ2n) is 5.56. The summed E-state index contributed by atoms with van der Waals surface area (Å²) in [6, 6.07) is 19.6. The van der Waals surface area contributed by atoms with E-state index in [4.69, 9.17) is 14.4 Å². The van der Waals surface area contributed by atoms with Crippen LogP contribution >= 0.6 is 0 Å². The summed E-state index contributed by atoms with van der Waals surface area (Å²) in [7, 11) is 0. The van der Waals surface area contributed by atoms with Gasteiger partial charge in [-0.3, -0.25) is 0 Å². The molecule has 0 aromatic heterocycles. The molecule has 0 bridgehead atoms. The van der Waals surface area contributed by atoms with Crippen LogP contribution in [0.2, 0.25) is 0 Å². The third-order valence-electron chi connectivity index (χ3n) is 4.02. The minimum atomic E-state index is -0.592. The highest BCUT2D eigenvalue weighted by atomic mass is 16.8. The minimum absolute atomic E-state index is 0.0488. The summed E-state index contributed by atoms with van der Waals surface area (Å²) in [6.45, 7) is 2.05. The van der Waals surface area contributed by atoms with Crippen LogP contribution in [0.1, 0.15) is 18.1 Å². The van der Waals surface area contributed by atoms with Crippen molar-refractivity contribution in [2.45, 2.75) is 19.3 Å². The Morgan fingerprint density at radius 2 is 1.43 bits per heavy atom. The molecule has 2 aliphatic rings. The van der Waals surface area contributed by atoms with Crippen LogP contribution in [0.4, 0.5) is 0 Å². The average molecular weight is 308 g/mol. The fourth-order valence-electron chi connectivity index (χ4n) is 2.74. The number of hydrogen-bond donors (Lipinski definition) is 0. The van der Waals surface area contributed by atoms with Crippen molar-refractivity contribution in [3.05, 3.63) is 71.8 Å². The molecule has 0 saturated heterocycles. The molecule has 4 rings (SSSR count). The molecule has 0 spiro atoms. The molecule has 2 aromatic rings. The van der Waals surface area contributed by atoms with Crippen molar-refractivity contribution in [1.29, 1.82) is 0 Å². The van der Waals surface area contributed by atoms with Crippen LogP contribution in [0.25, 0.3) is 0 Å². The highest BCUT2D eigenvalue weighted by molar-refractivity contribution is 6.03. The van der Waals surface area contributed by atoms with Crippen molar-refractivity contribution in [2.75, 3.05) is 0 Å². The van der Waals surface area contributed by atoms with Gasteiger partial charge in [0.2, 0.25) is 6.10 Å². The lowest BCUT2D eigenvalue weighted by Crippen LogP contribution is -2.35. The van der Waals surface area contributed by atoms with E-state index in [1.54, 1.807) is 0 Å². The number of benzene rings is 2. The van der Waals surface area contributed by atoms with Gasteiger partial charge in [-0.1, -0.05) is 60.6 Å². The molecule has 0 N–H and O–H groups in total. The Hall–Kier alpha value is -2.82. The van der Waals surface area contributed by atoms with E-state index in [0.717, 1.165) is 16.8 Å². The van der Waals surface area contributed by atoms with Gasteiger partial charge in [0.05, 0.1) is 5.71 Å². The lowest BCUT2D eigenvalue weighted by atomic mass is 9.94. The second kappa shape index (κ2) is 5.76. The predicted octanol–water partition coefficient (Wildman–Crippen LogP) is 3.16. The molecule has 2 aliphatic heterocycles. The quantitative estimate of drug-likeness (QED) is 0.875. The first-order valence-electron chi connectivity index (χ1n) is 7.58. The monoisotopic (exact) mass is 308 g/mol. The molecule has 5 heteroatoms. The maximum Gasteiger partial charge on any atom is 0.307 e. The lowest BCUT2D eigenvalue weighted by molar-refractivity contribution is -0.145. The lowest BCUT2D eigenvalue weighted by Gasteiger charge is -2.18. The zero-order valence-corrected chi connectivity index (χ0v) is 12.6. The van der Waals surface area contributed by atoms with Crippen LogP contribution in [0.5, 0.6) is 0 Å². The zero-order chi connectivity index (χ0) is 15.6. The maximum atomic E-state index is 5.82. The third-order valence-corrected chi connectivity index (χ3v) is 4.02. The molecule has 23 heavy (non-hydrogen) atoms. The second-order valence-corrected chi connectivity index (χ2v) is 5.56. The number of ether oxygens (including phenoxy) is 1. The molecule has 0 aliphatic carbocycles. The van der Waals surface area contributed by atoms with Crippen molar-refractivity contribution < 1.29 is 14.4 Å². The third kappa shape index (κ3) is 2.54. The van der Waals surface area contributed by atoms with Crippen LogP contribution < -0.4 is 0 Å². The summed E-state index contributed by atoms with van der Waals surface area (Å²) in [5.74, 6) is 0.521. The number of hydrogen-bond acceptors (Lipinski definition) is 5. The number of nitrogens with zero attached hydrogens (tertiary/aromatic N) is 2. The minimum Gasteiger partial charge on any atom is -0.429 e. The van der Waals surface area contributed by atoms with Gasteiger partial charge in [-0.25, -0.2) is 0 Å². The number of oxime groups is 2. The summed E-state index contributed by atoms with van der Waals surface area (Å²) in [5, 5.41) is 8.24. The van der Waals surface area contributed by atoms with Crippen molar-refractivity contribution in [2.24, 2.45) is 16.2 Å². The molecular weight excluding hydrogens is 292 g/mol.